The first-order valence-corrected chi connectivity index (χ1v) is 4.72. The van der Waals surface area contributed by atoms with E-state index >= 15 is 0 Å². The molecule has 0 rings (SSSR count). The number of likely N-dealkylation sites (N-methyl/N-ethyl adjacent to an activating group) is 1. The van der Waals surface area contributed by atoms with Crippen molar-refractivity contribution in [2.45, 2.75) is 32.0 Å². The molecule has 0 radical (unpaired) electrons. The van der Waals surface area contributed by atoms with E-state index in [1.807, 2.05) is 19.0 Å². The lowest BCUT2D eigenvalue weighted by Gasteiger charge is -2.24. The number of rotatable bonds is 5. The summed E-state index contributed by atoms with van der Waals surface area (Å²) in [5.41, 5.74) is 5.45. The van der Waals surface area contributed by atoms with Crippen LogP contribution in [0.1, 0.15) is 19.8 Å². The van der Waals surface area contributed by atoms with Gasteiger partial charge in [-0.1, -0.05) is 6.92 Å². The van der Waals surface area contributed by atoms with Crippen LogP contribution in [0.15, 0.2) is 0 Å². The van der Waals surface area contributed by atoms with Gasteiger partial charge >= 0.3 is 6.18 Å². The van der Waals surface area contributed by atoms with Crippen LogP contribution < -0.4 is 5.73 Å². The Morgan fingerprint density at radius 3 is 2.00 bits per heavy atom. The van der Waals surface area contributed by atoms with E-state index in [4.69, 9.17) is 5.73 Å². The molecule has 2 unspecified atom stereocenters. The minimum Gasteiger partial charge on any atom is -0.329 e. The summed E-state index contributed by atoms with van der Waals surface area (Å²) in [6, 6.07) is 0.0415. The molecule has 0 heterocycles. The number of nitrogens with two attached hydrogens (primary N) is 1. The van der Waals surface area contributed by atoms with E-state index in [0.717, 1.165) is 0 Å². The monoisotopic (exact) mass is 212 g/mol. The third kappa shape index (κ3) is 4.81. The Hall–Kier alpha value is -0.290. The molecule has 0 bridgehead atoms. The summed E-state index contributed by atoms with van der Waals surface area (Å²) in [5, 5.41) is 0. The maximum atomic E-state index is 12.2. The molecule has 5 heteroatoms. The molecule has 0 aliphatic rings. The van der Waals surface area contributed by atoms with Crippen molar-refractivity contribution in [2.24, 2.45) is 11.7 Å². The summed E-state index contributed by atoms with van der Waals surface area (Å²) in [6.45, 7) is 1.61. The fourth-order valence-electron chi connectivity index (χ4n) is 1.19. The molecule has 0 saturated heterocycles. The molecule has 0 aromatic heterocycles. The van der Waals surface area contributed by atoms with Gasteiger partial charge in [-0.3, -0.25) is 0 Å². The van der Waals surface area contributed by atoms with E-state index in [0.29, 0.717) is 13.0 Å². The molecule has 0 aliphatic heterocycles. The number of alkyl halides is 3. The average Bonchev–Trinajstić information content (AvgIpc) is 2.02. The van der Waals surface area contributed by atoms with Gasteiger partial charge in [-0.25, -0.2) is 0 Å². The quantitative estimate of drug-likeness (QED) is 0.753. The van der Waals surface area contributed by atoms with Crippen molar-refractivity contribution < 1.29 is 13.2 Å². The Labute approximate surface area is 83.3 Å². The van der Waals surface area contributed by atoms with Crippen molar-refractivity contribution in [3.63, 3.8) is 0 Å². The molecule has 0 fully saturated rings. The molecule has 0 aromatic rings. The van der Waals surface area contributed by atoms with E-state index in [1.54, 1.807) is 0 Å². The van der Waals surface area contributed by atoms with Crippen LogP contribution in [0, 0.1) is 5.92 Å². The lowest BCUT2D eigenvalue weighted by atomic mass is 10.0. The Kier molecular flexibility index (Phi) is 5.44. The maximum Gasteiger partial charge on any atom is 0.391 e. The molecule has 2 nitrogen and oxygen atoms in total. The highest BCUT2D eigenvalue weighted by molar-refractivity contribution is 4.71. The van der Waals surface area contributed by atoms with E-state index in [-0.39, 0.29) is 12.5 Å². The van der Waals surface area contributed by atoms with Gasteiger partial charge < -0.3 is 10.6 Å². The van der Waals surface area contributed by atoms with Gasteiger partial charge in [-0.2, -0.15) is 13.2 Å². The fraction of sp³-hybridized carbons (Fsp3) is 1.00. The molecule has 2 atom stereocenters. The van der Waals surface area contributed by atoms with Gasteiger partial charge in [-0.15, -0.1) is 0 Å². The number of nitrogens with zero attached hydrogens (tertiary/aromatic N) is 1. The van der Waals surface area contributed by atoms with E-state index in [1.165, 1.54) is 6.92 Å². The van der Waals surface area contributed by atoms with Crippen LogP contribution in [0.4, 0.5) is 13.2 Å². The summed E-state index contributed by atoms with van der Waals surface area (Å²) >= 11 is 0. The molecular formula is C9H19F3N2. The Morgan fingerprint density at radius 2 is 1.71 bits per heavy atom. The van der Waals surface area contributed by atoms with Gasteiger partial charge in [0.05, 0.1) is 5.92 Å². The highest BCUT2D eigenvalue weighted by Crippen LogP contribution is 2.29. The van der Waals surface area contributed by atoms with Crippen LogP contribution >= 0.6 is 0 Å². The second-order valence-electron chi connectivity index (χ2n) is 3.87. The summed E-state index contributed by atoms with van der Waals surface area (Å²) in [7, 11) is 3.66. The minimum atomic E-state index is -4.08. The van der Waals surface area contributed by atoms with Gasteiger partial charge in [0.2, 0.25) is 0 Å². The molecule has 0 spiro atoms. The molecular weight excluding hydrogens is 193 g/mol. The van der Waals surface area contributed by atoms with Crippen LogP contribution in [0.3, 0.4) is 0 Å². The van der Waals surface area contributed by atoms with Crippen molar-refractivity contribution in [2.75, 3.05) is 20.6 Å². The highest BCUT2D eigenvalue weighted by atomic mass is 19.4. The van der Waals surface area contributed by atoms with Crippen LogP contribution in [-0.4, -0.2) is 37.8 Å². The van der Waals surface area contributed by atoms with Crippen LogP contribution in [0.25, 0.3) is 0 Å². The number of halogens is 3. The van der Waals surface area contributed by atoms with Crippen LogP contribution in [-0.2, 0) is 0 Å². The van der Waals surface area contributed by atoms with E-state index < -0.39 is 12.1 Å². The number of hydrogen-bond acceptors (Lipinski definition) is 2. The average molecular weight is 212 g/mol. The van der Waals surface area contributed by atoms with Crippen LogP contribution in [0.5, 0.6) is 0 Å². The molecule has 86 valence electrons. The standard InChI is InChI=1S/C9H19F3N2/c1-7(9(10,11)12)4-5-8(6-13)14(2)3/h7-8H,4-6,13H2,1-3H3. The zero-order valence-corrected chi connectivity index (χ0v) is 8.93. The first kappa shape index (κ1) is 13.7. The Bertz CT molecular complexity index is 155. The molecule has 14 heavy (non-hydrogen) atoms. The second kappa shape index (κ2) is 5.56. The summed E-state index contributed by atoms with van der Waals surface area (Å²) < 4.78 is 36.5. The zero-order chi connectivity index (χ0) is 11.4. The smallest absolute Gasteiger partial charge is 0.329 e. The Morgan fingerprint density at radius 1 is 1.21 bits per heavy atom. The fourth-order valence-corrected chi connectivity index (χ4v) is 1.19. The van der Waals surface area contributed by atoms with Gasteiger partial charge in [0.1, 0.15) is 0 Å². The summed E-state index contributed by atoms with van der Waals surface area (Å²) in [5.74, 6) is -1.24. The van der Waals surface area contributed by atoms with Crippen molar-refractivity contribution in [3.8, 4) is 0 Å². The maximum absolute atomic E-state index is 12.2. The largest absolute Gasteiger partial charge is 0.391 e. The summed E-state index contributed by atoms with van der Waals surface area (Å²) in [4.78, 5) is 1.86. The molecule has 0 amide bonds. The van der Waals surface area contributed by atoms with Crippen LogP contribution in [0.2, 0.25) is 0 Å². The predicted molar refractivity (Wildman–Crippen MR) is 51.0 cm³/mol. The predicted octanol–water partition coefficient (Wildman–Crippen LogP) is 1.85. The SMILES string of the molecule is CC(CCC(CN)N(C)C)C(F)(F)F. The minimum absolute atomic E-state index is 0.0415. The van der Waals surface area contributed by atoms with Gasteiger partial charge in [0.25, 0.3) is 0 Å². The first-order valence-electron chi connectivity index (χ1n) is 4.72. The third-order valence-electron chi connectivity index (χ3n) is 2.49. The van der Waals surface area contributed by atoms with Gasteiger partial charge in [0, 0.05) is 12.6 Å². The zero-order valence-electron chi connectivity index (χ0n) is 8.93. The normalized spacial score (nSPS) is 17.1. The summed E-state index contributed by atoms with van der Waals surface area (Å²) in [6.07, 6.45) is -3.45. The lowest BCUT2D eigenvalue weighted by molar-refractivity contribution is -0.171. The van der Waals surface area contributed by atoms with Gasteiger partial charge in [-0.05, 0) is 26.9 Å². The van der Waals surface area contributed by atoms with Crippen molar-refractivity contribution >= 4 is 0 Å². The third-order valence-corrected chi connectivity index (χ3v) is 2.49. The number of hydrogen-bond donors (Lipinski definition) is 1. The Balaban J connectivity index is 3.92. The lowest BCUT2D eigenvalue weighted by Crippen LogP contribution is -2.36. The molecule has 0 saturated carbocycles. The van der Waals surface area contributed by atoms with Crippen molar-refractivity contribution in [1.82, 2.24) is 4.90 Å². The molecule has 0 aliphatic carbocycles. The highest BCUT2D eigenvalue weighted by Gasteiger charge is 2.35. The first-order chi connectivity index (χ1) is 6.29. The van der Waals surface area contributed by atoms with Gasteiger partial charge in [0.15, 0.2) is 0 Å². The van der Waals surface area contributed by atoms with E-state index in [9.17, 15) is 13.2 Å². The topological polar surface area (TPSA) is 29.3 Å². The molecule has 0 aromatic carbocycles. The van der Waals surface area contributed by atoms with Crippen molar-refractivity contribution in [3.05, 3.63) is 0 Å². The van der Waals surface area contributed by atoms with E-state index in [2.05, 4.69) is 0 Å². The van der Waals surface area contributed by atoms with Crippen molar-refractivity contribution in [1.29, 1.82) is 0 Å². The molecule has 2 N–H and O–H groups in total. The second-order valence-corrected chi connectivity index (χ2v) is 3.87.